The van der Waals surface area contributed by atoms with E-state index in [1.54, 1.807) is 0 Å². The van der Waals surface area contributed by atoms with Crippen LogP contribution >= 0.6 is 0 Å². The van der Waals surface area contributed by atoms with Crippen molar-refractivity contribution < 1.29 is 4.74 Å². The van der Waals surface area contributed by atoms with Crippen LogP contribution < -0.4 is 0 Å². The zero-order valence-electron chi connectivity index (χ0n) is 11.3. The van der Waals surface area contributed by atoms with Gasteiger partial charge in [0.1, 0.15) is 11.7 Å². The van der Waals surface area contributed by atoms with E-state index in [-0.39, 0.29) is 0 Å². The first-order chi connectivity index (χ1) is 9.40. The number of fused-ring (bicyclic) bond motifs is 1. The summed E-state index contributed by atoms with van der Waals surface area (Å²) in [6.07, 6.45) is 2.52. The van der Waals surface area contributed by atoms with Gasteiger partial charge in [-0.15, -0.1) is 5.10 Å². The Hall–Kier alpha value is -1.46. The molecule has 2 aromatic rings. The van der Waals surface area contributed by atoms with Gasteiger partial charge >= 0.3 is 0 Å². The van der Waals surface area contributed by atoms with E-state index in [1.807, 2.05) is 18.2 Å². The maximum atomic E-state index is 5.45. The van der Waals surface area contributed by atoms with E-state index in [0.717, 1.165) is 50.2 Å². The molecule has 0 saturated carbocycles. The third-order valence-electron chi connectivity index (χ3n) is 3.67. The molecule has 0 radical (unpaired) electrons. The van der Waals surface area contributed by atoms with Crippen LogP contribution in [0.15, 0.2) is 24.3 Å². The Balaban J connectivity index is 1.94. The molecule has 0 N–H and O–H groups in total. The molecular weight excluding hydrogens is 240 g/mol. The van der Waals surface area contributed by atoms with E-state index < -0.39 is 0 Å². The Morgan fingerprint density at radius 3 is 2.84 bits per heavy atom. The van der Waals surface area contributed by atoms with Gasteiger partial charge in [-0.25, -0.2) is 4.68 Å². The zero-order chi connectivity index (χ0) is 13.1. The summed E-state index contributed by atoms with van der Waals surface area (Å²) in [5.41, 5.74) is 2.09. The maximum absolute atomic E-state index is 5.45. The summed E-state index contributed by atoms with van der Waals surface area (Å²) in [5.74, 6) is 0. The molecule has 0 amide bonds. The van der Waals surface area contributed by atoms with E-state index in [1.165, 1.54) is 0 Å². The van der Waals surface area contributed by atoms with Crippen LogP contribution in [0.4, 0.5) is 0 Å². The van der Waals surface area contributed by atoms with Crippen LogP contribution in [0.25, 0.3) is 11.0 Å². The van der Waals surface area contributed by atoms with Crippen molar-refractivity contribution in [3.8, 4) is 0 Å². The Labute approximate surface area is 113 Å². The highest BCUT2D eigenvalue weighted by atomic mass is 16.5. The number of para-hydroxylation sites is 1. The van der Waals surface area contributed by atoms with Crippen molar-refractivity contribution >= 4 is 11.0 Å². The number of aromatic nitrogens is 3. The maximum Gasteiger partial charge on any atom is 0.113 e. The van der Waals surface area contributed by atoms with Crippen molar-refractivity contribution in [1.82, 2.24) is 19.9 Å². The summed E-state index contributed by atoms with van der Waals surface area (Å²) in [6, 6.07) is 8.16. The van der Waals surface area contributed by atoms with E-state index in [2.05, 4.69) is 32.9 Å². The van der Waals surface area contributed by atoms with Crippen molar-refractivity contribution in [3.05, 3.63) is 24.3 Å². The normalized spacial score (nSPS) is 18.8. The molecule has 1 aliphatic heterocycles. The summed E-state index contributed by atoms with van der Waals surface area (Å²) < 4.78 is 7.52. The van der Waals surface area contributed by atoms with Gasteiger partial charge in [0.15, 0.2) is 0 Å². The van der Waals surface area contributed by atoms with E-state index in [0.29, 0.717) is 6.17 Å². The van der Waals surface area contributed by atoms with Gasteiger partial charge in [-0.05, 0) is 18.6 Å². The Bertz CT molecular complexity index is 533. The molecule has 102 valence electrons. The second-order valence-electron chi connectivity index (χ2n) is 4.94. The standard InChI is InChI=1S/C14H20N4O/c1-2-5-14(17-8-10-19-11-9-17)18-13-7-4-3-6-12(13)15-16-18/h3-4,6-7,14H,2,5,8-11H2,1H3/t14-/m1/s1. The van der Waals surface area contributed by atoms with Crippen LogP contribution in [0.2, 0.25) is 0 Å². The molecule has 3 rings (SSSR count). The van der Waals surface area contributed by atoms with E-state index in [4.69, 9.17) is 4.74 Å². The predicted octanol–water partition coefficient (Wildman–Crippen LogP) is 2.06. The average molecular weight is 260 g/mol. The fourth-order valence-corrected chi connectivity index (χ4v) is 2.70. The monoisotopic (exact) mass is 260 g/mol. The molecular formula is C14H20N4O. The molecule has 1 aromatic carbocycles. The van der Waals surface area contributed by atoms with Crippen molar-refractivity contribution in [3.63, 3.8) is 0 Å². The zero-order valence-corrected chi connectivity index (χ0v) is 11.3. The predicted molar refractivity (Wildman–Crippen MR) is 73.9 cm³/mol. The van der Waals surface area contributed by atoms with Crippen LogP contribution in [0.1, 0.15) is 25.9 Å². The summed E-state index contributed by atoms with van der Waals surface area (Å²) in [6.45, 7) is 5.78. The third-order valence-corrected chi connectivity index (χ3v) is 3.67. The van der Waals surface area contributed by atoms with Gasteiger partial charge in [0.2, 0.25) is 0 Å². The van der Waals surface area contributed by atoms with Gasteiger partial charge in [0.25, 0.3) is 0 Å². The minimum atomic E-state index is 0.293. The number of nitrogens with zero attached hydrogens (tertiary/aromatic N) is 4. The fourth-order valence-electron chi connectivity index (χ4n) is 2.70. The molecule has 1 aromatic heterocycles. The number of ether oxygens (including phenoxy) is 1. The SMILES string of the molecule is CCC[C@H](N1CCOCC1)n1nnc2ccccc21. The number of rotatable bonds is 4. The summed E-state index contributed by atoms with van der Waals surface area (Å²) in [7, 11) is 0. The molecule has 0 spiro atoms. The molecule has 0 unspecified atom stereocenters. The second-order valence-corrected chi connectivity index (χ2v) is 4.94. The Morgan fingerprint density at radius 1 is 1.26 bits per heavy atom. The largest absolute Gasteiger partial charge is 0.379 e. The highest BCUT2D eigenvalue weighted by Crippen LogP contribution is 2.23. The second kappa shape index (κ2) is 5.67. The highest BCUT2D eigenvalue weighted by molar-refractivity contribution is 5.73. The van der Waals surface area contributed by atoms with E-state index in [9.17, 15) is 0 Å². The number of hydrogen-bond donors (Lipinski definition) is 0. The third kappa shape index (κ3) is 2.48. The van der Waals surface area contributed by atoms with Crippen LogP contribution in [0.3, 0.4) is 0 Å². The summed E-state index contributed by atoms with van der Waals surface area (Å²) in [5, 5.41) is 8.65. The average Bonchev–Trinajstić information content (AvgIpc) is 2.89. The summed E-state index contributed by atoms with van der Waals surface area (Å²) >= 11 is 0. The lowest BCUT2D eigenvalue weighted by atomic mass is 10.2. The van der Waals surface area contributed by atoms with Gasteiger partial charge in [-0.1, -0.05) is 30.7 Å². The molecule has 5 nitrogen and oxygen atoms in total. The number of benzene rings is 1. The molecule has 0 bridgehead atoms. The van der Waals surface area contributed by atoms with Crippen LogP contribution in [0.5, 0.6) is 0 Å². The van der Waals surface area contributed by atoms with Gasteiger partial charge in [0, 0.05) is 13.1 Å². The smallest absolute Gasteiger partial charge is 0.113 e. The number of hydrogen-bond acceptors (Lipinski definition) is 4. The van der Waals surface area contributed by atoms with Crippen molar-refractivity contribution in [2.24, 2.45) is 0 Å². The van der Waals surface area contributed by atoms with Crippen LogP contribution in [-0.2, 0) is 4.74 Å². The van der Waals surface area contributed by atoms with Crippen LogP contribution in [-0.4, -0.2) is 46.2 Å². The topological polar surface area (TPSA) is 43.2 Å². The van der Waals surface area contributed by atoms with E-state index >= 15 is 0 Å². The minimum Gasteiger partial charge on any atom is -0.379 e. The van der Waals surface area contributed by atoms with Crippen molar-refractivity contribution in [2.45, 2.75) is 25.9 Å². The lowest BCUT2D eigenvalue weighted by molar-refractivity contribution is -0.00702. The highest BCUT2D eigenvalue weighted by Gasteiger charge is 2.23. The molecule has 1 saturated heterocycles. The van der Waals surface area contributed by atoms with Gasteiger partial charge in [-0.3, -0.25) is 4.90 Å². The van der Waals surface area contributed by atoms with Crippen LogP contribution in [0, 0.1) is 0 Å². The first-order valence-corrected chi connectivity index (χ1v) is 7.02. The van der Waals surface area contributed by atoms with Gasteiger partial charge < -0.3 is 4.74 Å². The Morgan fingerprint density at radius 2 is 2.05 bits per heavy atom. The van der Waals surface area contributed by atoms with Crippen molar-refractivity contribution in [1.29, 1.82) is 0 Å². The first kappa shape index (κ1) is 12.6. The molecule has 5 heteroatoms. The molecule has 1 aliphatic rings. The quantitative estimate of drug-likeness (QED) is 0.844. The minimum absolute atomic E-state index is 0.293. The fraction of sp³-hybridized carbons (Fsp3) is 0.571. The molecule has 1 fully saturated rings. The molecule has 19 heavy (non-hydrogen) atoms. The summed E-state index contributed by atoms with van der Waals surface area (Å²) in [4.78, 5) is 2.45. The molecule has 1 atom stereocenters. The molecule has 2 heterocycles. The lowest BCUT2D eigenvalue weighted by Crippen LogP contribution is -2.41. The first-order valence-electron chi connectivity index (χ1n) is 7.02. The van der Waals surface area contributed by atoms with Gasteiger partial charge in [0.05, 0.1) is 18.7 Å². The van der Waals surface area contributed by atoms with Crippen molar-refractivity contribution in [2.75, 3.05) is 26.3 Å². The number of morpholine rings is 1. The van der Waals surface area contributed by atoms with Gasteiger partial charge in [-0.2, -0.15) is 0 Å². The lowest BCUT2D eigenvalue weighted by Gasteiger charge is -2.34. The molecule has 0 aliphatic carbocycles. The Kier molecular flexibility index (Phi) is 3.75.